The monoisotopic (exact) mass is 335 g/mol. The van der Waals surface area contributed by atoms with E-state index in [1.165, 1.54) is 6.33 Å². The van der Waals surface area contributed by atoms with Gasteiger partial charge in [-0.3, -0.25) is 4.68 Å². The lowest BCUT2D eigenvalue weighted by Crippen LogP contribution is -2.49. The molecule has 124 valence electrons. The first-order chi connectivity index (χ1) is 10.8. The van der Waals surface area contributed by atoms with Gasteiger partial charge in [0.15, 0.2) is 0 Å². The van der Waals surface area contributed by atoms with Gasteiger partial charge in [0.25, 0.3) is 0 Å². The second-order valence-corrected chi connectivity index (χ2v) is 7.53. The second-order valence-electron chi connectivity index (χ2n) is 7.13. The molecule has 0 bridgehead atoms. The fourth-order valence-corrected chi connectivity index (χ4v) is 3.81. The number of aromatic nitrogens is 3. The van der Waals surface area contributed by atoms with Gasteiger partial charge in [0.05, 0.1) is 17.2 Å². The third-order valence-electron chi connectivity index (χ3n) is 5.33. The molecule has 5 nitrogen and oxygen atoms in total. The summed E-state index contributed by atoms with van der Waals surface area (Å²) in [4.78, 5) is 3.97. The number of hydrogen-bond acceptors (Lipinski definition) is 4. The average molecular weight is 336 g/mol. The minimum Gasteiger partial charge on any atom is -0.506 e. The highest BCUT2D eigenvalue weighted by molar-refractivity contribution is 6.31. The van der Waals surface area contributed by atoms with Crippen molar-refractivity contribution >= 4 is 11.6 Å². The van der Waals surface area contributed by atoms with Crippen molar-refractivity contribution in [3.8, 4) is 5.75 Å². The zero-order valence-electron chi connectivity index (χ0n) is 13.4. The van der Waals surface area contributed by atoms with Crippen molar-refractivity contribution in [1.29, 1.82) is 0 Å². The Morgan fingerprint density at radius 1 is 1.39 bits per heavy atom. The highest BCUT2D eigenvalue weighted by atomic mass is 35.5. The number of halogens is 1. The van der Waals surface area contributed by atoms with Gasteiger partial charge in [-0.25, -0.2) is 4.98 Å². The Morgan fingerprint density at radius 3 is 2.83 bits per heavy atom. The first-order valence-electron chi connectivity index (χ1n) is 7.84. The van der Waals surface area contributed by atoms with Crippen LogP contribution in [0.1, 0.15) is 32.3 Å². The first kappa shape index (κ1) is 16.3. The summed E-state index contributed by atoms with van der Waals surface area (Å²) in [5, 5.41) is 25.7. The van der Waals surface area contributed by atoms with E-state index in [0.717, 1.165) is 18.4 Å². The highest BCUT2D eigenvalue weighted by Gasteiger charge is 2.54. The van der Waals surface area contributed by atoms with E-state index in [9.17, 15) is 10.2 Å². The molecule has 0 saturated heterocycles. The van der Waals surface area contributed by atoms with E-state index in [-0.39, 0.29) is 17.1 Å². The van der Waals surface area contributed by atoms with Gasteiger partial charge < -0.3 is 10.2 Å². The lowest BCUT2D eigenvalue weighted by Gasteiger charge is -2.40. The Kier molecular flexibility index (Phi) is 4.10. The number of aliphatic hydroxyl groups is 1. The van der Waals surface area contributed by atoms with E-state index in [0.29, 0.717) is 18.0 Å². The summed E-state index contributed by atoms with van der Waals surface area (Å²) in [5.74, 6) is 0.170. The number of phenolic OH excluding ortho intramolecular Hbond substituents is 1. The third-order valence-corrected chi connectivity index (χ3v) is 5.65. The molecule has 0 radical (unpaired) electrons. The average Bonchev–Trinajstić information content (AvgIpc) is 3.06. The maximum absolute atomic E-state index is 11.5. The van der Waals surface area contributed by atoms with Gasteiger partial charge in [-0.2, -0.15) is 5.10 Å². The molecule has 0 spiro atoms. The van der Waals surface area contributed by atoms with Crippen molar-refractivity contribution in [3.63, 3.8) is 0 Å². The van der Waals surface area contributed by atoms with Crippen molar-refractivity contribution in [3.05, 3.63) is 41.4 Å². The Balaban J connectivity index is 1.86. The predicted octanol–water partition coefficient (Wildman–Crippen LogP) is 3.05. The van der Waals surface area contributed by atoms with Gasteiger partial charge >= 0.3 is 0 Å². The van der Waals surface area contributed by atoms with Crippen LogP contribution in [-0.2, 0) is 13.0 Å². The minimum atomic E-state index is -0.879. The van der Waals surface area contributed by atoms with Crippen LogP contribution in [0.25, 0.3) is 0 Å². The summed E-state index contributed by atoms with van der Waals surface area (Å²) in [5.41, 5.74) is -0.111. The summed E-state index contributed by atoms with van der Waals surface area (Å²) in [6.45, 7) is 4.62. The molecular weight excluding hydrogens is 314 g/mol. The fourth-order valence-electron chi connectivity index (χ4n) is 3.69. The van der Waals surface area contributed by atoms with E-state index in [4.69, 9.17) is 11.6 Å². The second kappa shape index (κ2) is 5.80. The number of nitrogens with zero attached hydrogens (tertiary/aromatic N) is 3. The van der Waals surface area contributed by atoms with Crippen LogP contribution in [0.4, 0.5) is 0 Å². The molecule has 1 aliphatic rings. The number of hydrogen-bond donors (Lipinski definition) is 2. The van der Waals surface area contributed by atoms with Gasteiger partial charge in [0, 0.05) is 0 Å². The van der Waals surface area contributed by atoms with Gasteiger partial charge in [0.2, 0.25) is 0 Å². The van der Waals surface area contributed by atoms with Crippen LogP contribution in [0.5, 0.6) is 5.75 Å². The topological polar surface area (TPSA) is 71.2 Å². The molecule has 2 N–H and O–H groups in total. The molecule has 1 aromatic carbocycles. The third kappa shape index (κ3) is 2.95. The summed E-state index contributed by atoms with van der Waals surface area (Å²) < 4.78 is 1.69. The number of aromatic hydroxyl groups is 1. The number of rotatable bonds is 4. The standard InChI is InChI=1S/C17H22ClN3O2/c1-16(2)6-5-13(7-12-3-4-14(18)15(22)8-12)17(16,23)9-21-11-19-10-20-21/h3-4,8,10-11,13,22-23H,5-7,9H2,1-2H3/t13-,17+/m1/s1. The summed E-state index contributed by atoms with van der Waals surface area (Å²) in [6, 6.07) is 5.29. The lowest BCUT2D eigenvalue weighted by atomic mass is 9.72. The quantitative estimate of drug-likeness (QED) is 0.900. The summed E-state index contributed by atoms with van der Waals surface area (Å²) in [6.07, 6.45) is 5.69. The molecule has 0 aliphatic heterocycles. The van der Waals surface area contributed by atoms with E-state index >= 15 is 0 Å². The minimum absolute atomic E-state index is 0.0845. The van der Waals surface area contributed by atoms with Gasteiger partial charge in [-0.05, 0) is 48.3 Å². The first-order valence-corrected chi connectivity index (χ1v) is 8.22. The maximum Gasteiger partial charge on any atom is 0.137 e. The Hall–Kier alpha value is -1.59. The summed E-state index contributed by atoms with van der Waals surface area (Å²) in [7, 11) is 0. The normalized spacial score (nSPS) is 26.5. The Morgan fingerprint density at radius 2 is 2.17 bits per heavy atom. The molecule has 1 aliphatic carbocycles. The predicted molar refractivity (Wildman–Crippen MR) is 88.3 cm³/mol. The van der Waals surface area contributed by atoms with Crippen LogP contribution in [0.15, 0.2) is 30.9 Å². The zero-order chi connectivity index (χ0) is 16.7. The van der Waals surface area contributed by atoms with Crippen LogP contribution >= 0.6 is 11.6 Å². The van der Waals surface area contributed by atoms with E-state index in [1.807, 2.05) is 6.07 Å². The molecule has 1 saturated carbocycles. The van der Waals surface area contributed by atoms with Crippen molar-refractivity contribution in [2.24, 2.45) is 11.3 Å². The zero-order valence-corrected chi connectivity index (χ0v) is 14.2. The van der Waals surface area contributed by atoms with Crippen molar-refractivity contribution in [2.75, 3.05) is 0 Å². The Labute approximate surface area is 140 Å². The summed E-state index contributed by atoms with van der Waals surface area (Å²) >= 11 is 5.88. The fraction of sp³-hybridized carbons (Fsp3) is 0.529. The van der Waals surface area contributed by atoms with E-state index in [1.54, 1.807) is 23.1 Å². The molecule has 1 heterocycles. The number of benzene rings is 1. The lowest BCUT2D eigenvalue weighted by molar-refractivity contribution is -0.0907. The smallest absolute Gasteiger partial charge is 0.137 e. The van der Waals surface area contributed by atoms with E-state index < -0.39 is 5.60 Å². The van der Waals surface area contributed by atoms with Crippen LogP contribution in [-0.4, -0.2) is 30.6 Å². The van der Waals surface area contributed by atoms with Gasteiger partial charge in [0.1, 0.15) is 18.4 Å². The molecule has 0 unspecified atom stereocenters. The number of phenols is 1. The Bertz CT molecular complexity index is 687. The SMILES string of the molecule is CC1(C)CC[C@H](Cc2ccc(Cl)c(O)c2)[C@@]1(O)Cn1cncn1. The van der Waals surface area contributed by atoms with Crippen molar-refractivity contribution in [1.82, 2.24) is 14.8 Å². The van der Waals surface area contributed by atoms with Crippen molar-refractivity contribution in [2.45, 2.75) is 45.3 Å². The van der Waals surface area contributed by atoms with Gasteiger partial charge in [-0.1, -0.05) is 31.5 Å². The molecule has 1 fully saturated rings. The van der Waals surface area contributed by atoms with Crippen LogP contribution in [0, 0.1) is 11.3 Å². The molecule has 1 aromatic heterocycles. The molecule has 2 aromatic rings. The highest BCUT2D eigenvalue weighted by Crippen LogP contribution is 2.51. The van der Waals surface area contributed by atoms with Gasteiger partial charge in [-0.15, -0.1) is 0 Å². The molecular formula is C17H22ClN3O2. The van der Waals surface area contributed by atoms with E-state index in [2.05, 4.69) is 23.9 Å². The molecule has 0 amide bonds. The van der Waals surface area contributed by atoms with Crippen LogP contribution in [0.2, 0.25) is 5.02 Å². The van der Waals surface area contributed by atoms with Crippen LogP contribution < -0.4 is 0 Å². The molecule has 3 rings (SSSR count). The largest absolute Gasteiger partial charge is 0.506 e. The van der Waals surface area contributed by atoms with Crippen LogP contribution in [0.3, 0.4) is 0 Å². The molecule has 23 heavy (non-hydrogen) atoms. The molecule has 2 atom stereocenters. The maximum atomic E-state index is 11.5. The molecule has 6 heteroatoms. The van der Waals surface area contributed by atoms with Crippen molar-refractivity contribution < 1.29 is 10.2 Å².